The molecule has 1 saturated heterocycles. The van der Waals surface area contributed by atoms with Gasteiger partial charge >= 0.3 is 6.11 Å². The first-order valence-electron chi connectivity index (χ1n) is 12.5. The van der Waals surface area contributed by atoms with E-state index in [0.717, 1.165) is 32.6 Å². The smallest absolute Gasteiger partial charge is 0.428 e. The molecule has 0 aliphatic carbocycles. The second-order valence-electron chi connectivity index (χ2n) is 9.69. The number of unbranched alkanes of at least 4 members (excludes halogenated alkanes) is 1. The number of alkyl halides is 2. The van der Waals surface area contributed by atoms with E-state index in [-0.39, 0.29) is 23.3 Å². The Morgan fingerprint density at radius 1 is 0.872 bits per heavy atom. The molecule has 1 aliphatic rings. The Balaban J connectivity index is 1.56. The maximum Gasteiger partial charge on any atom is 0.432 e. The van der Waals surface area contributed by atoms with Crippen molar-refractivity contribution in [3.05, 3.63) is 88.0 Å². The van der Waals surface area contributed by atoms with Gasteiger partial charge in [0.1, 0.15) is 28.8 Å². The van der Waals surface area contributed by atoms with E-state index in [2.05, 4.69) is 11.7 Å². The van der Waals surface area contributed by atoms with Crippen molar-refractivity contribution in [3.8, 4) is 16.9 Å². The lowest BCUT2D eigenvalue weighted by atomic mass is 9.90. The molecule has 0 spiro atoms. The Morgan fingerprint density at radius 2 is 1.56 bits per heavy atom. The SMILES string of the molecule is CCCCC1CCC(c2ccc(-c3cc(F)c(C(F)(F)Oc4cc(F)c(F)c(F)c4C)c(F)c3)c(F)c2)OC1. The molecule has 2 atom stereocenters. The summed E-state index contributed by atoms with van der Waals surface area (Å²) >= 11 is 0. The molecule has 0 amide bonds. The van der Waals surface area contributed by atoms with Gasteiger partial charge in [-0.15, -0.1) is 0 Å². The average molecular weight is 559 g/mol. The van der Waals surface area contributed by atoms with Crippen molar-refractivity contribution < 1.29 is 44.6 Å². The Kier molecular flexibility index (Phi) is 8.54. The minimum Gasteiger partial charge on any atom is -0.428 e. The second kappa shape index (κ2) is 11.5. The molecule has 2 unspecified atom stereocenters. The topological polar surface area (TPSA) is 18.5 Å². The van der Waals surface area contributed by atoms with Gasteiger partial charge in [-0.1, -0.05) is 31.9 Å². The van der Waals surface area contributed by atoms with Crippen molar-refractivity contribution in [2.24, 2.45) is 5.92 Å². The highest BCUT2D eigenvalue weighted by molar-refractivity contribution is 5.65. The zero-order valence-corrected chi connectivity index (χ0v) is 21.2. The van der Waals surface area contributed by atoms with Crippen LogP contribution in [0.3, 0.4) is 0 Å². The molecule has 1 fully saturated rings. The van der Waals surface area contributed by atoms with Gasteiger partial charge in [0.2, 0.25) is 0 Å². The minimum atomic E-state index is -4.75. The van der Waals surface area contributed by atoms with E-state index in [9.17, 15) is 35.1 Å². The molecule has 3 aromatic rings. The molecule has 3 aromatic carbocycles. The van der Waals surface area contributed by atoms with Crippen LogP contribution in [0, 0.1) is 47.7 Å². The van der Waals surface area contributed by atoms with E-state index in [1.807, 2.05) is 0 Å². The van der Waals surface area contributed by atoms with Crippen LogP contribution < -0.4 is 4.74 Å². The Hall–Kier alpha value is -3.14. The summed E-state index contributed by atoms with van der Waals surface area (Å²) in [5.74, 6) is -10.6. The molecule has 1 aliphatic heterocycles. The number of halogens is 8. The van der Waals surface area contributed by atoms with E-state index in [1.165, 1.54) is 12.1 Å². The minimum absolute atomic E-state index is 0.143. The molecule has 10 heteroatoms. The Labute approximate surface area is 220 Å². The predicted octanol–water partition coefficient (Wildman–Crippen LogP) is 9.28. The molecular formula is C29H26F8O2. The molecule has 210 valence electrons. The lowest BCUT2D eigenvalue weighted by Gasteiger charge is -2.29. The van der Waals surface area contributed by atoms with E-state index < -0.39 is 57.9 Å². The molecule has 0 bridgehead atoms. The number of hydrogen-bond donors (Lipinski definition) is 0. The number of benzene rings is 3. The summed E-state index contributed by atoms with van der Waals surface area (Å²) in [6.07, 6.45) is -0.194. The highest BCUT2D eigenvalue weighted by Crippen LogP contribution is 2.40. The van der Waals surface area contributed by atoms with Crippen LogP contribution >= 0.6 is 0 Å². The summed E-state index contributed by atoms with van der Waals surface area (Å²) < 4.78 is 125. The van der Waals surface area contributed by atoms with Gasteiger partial charge < -0.3 is 9.47 Å². The number of ether oxygens (including phenoxy) is 2. The van der Waals surface area contributed by atoms with E-state index in [1.54, 1.807) is 6.07 Å². The van der Waals surface area contributed by atoms with Crippen LogP contribution in [0.5, 0.6) is 5.75 Å². The van der Waals surface area contributed by atoms with E-state index in [4.69, 9.17) is 4.74 Å². The maximum atomic E-state index is 15.0. The van der Waals surface area contributed by atoms with Crippen LogP contribution in [0.4, 0.5) is 35.1 Å². The van der Waals surface area contributed by atoms with Crippen LogP contribution in [-0.4, -0.2) is 6.61 Å². The Bertz CT molecular complexity index is 1330. The first-order valence-corrected chi connectivity index (χ1v) is 12.5. The fourth-order valence-corrected chi connectivity index (χ4v) is 4.72. The molecule has 4 rings (SSSR count). The molecule has 0 aromatic heterocycles. The van der Waals surface area contributed by atoms with Gasteiger partial charge in [0, 0.05) is 17.2 Å². The summed E-state index contributed by atoms with van der Waals surface area (Å²) in [7, 11) is 0. The summed E-state index contributed by atoms with van der Waals surface area (Å²) in [6.45, 7) is 3.49. The average Bonchev–Trinajstić information content (AvgIpc) is 2.88. The van der Waals surface area contributed by atoms with Crippen molar-refractivity contribution in [3.63, 3.8) is 0 Å². The maximum absolute atomic E-state index is 15.0. The second-order valence-corrected chi connectivity index (χ2v) is 9.69. The van der Waals surface area contributed by atoms with Gasteiger partial charge in [-0.05, 0) is 61.4 Å². The largest absolute Gasteiger partial charge is 0.432 e. The summed E-state index contributed by atoms with van der Waals surface area (Å²) in [4.78, 5) is 0. The van der Waals surface area contributed by atoms with Gasteiger partial charge in [-0.25, -0.2) is 26.3 Å². The molecule has 0 radical (unpaired) electrons. The molecular weight excluding hydrogens is 532 g/mol. The standard InChI is InChI=1S/C29H26F8O2/c1-3-4-5-16-6-9-24(38-14-16)17-7-8-19(20(30)10-17)18-11-21(31)26(22(32)12-18)29(36,37)39-25-13-23(33)28(35)27(34)15(25)2/h7-8,10-13,16,24H,3-6,9,14H2,1-2H3. The number of hydrogen-bond acceptors (Lipinski definition) is 2. The van der Waals surface area contributed by atoms with Crippen LogP contribution in [-0.2, 0) is 10.8 Å². The first kappa shape index (κ1) is 28.9. The normalized spacial score (nSPS) is 17.9. The molecule has 1 heterocycles. The van der Waals surface area contributed by atoms with Crippen molar-refractivity contribution in [1.29, 1.82) is 0 Å². The van der Waals surface area contributed by atoms with Gasteiger partial charge in [0.05, 0.1) is 12.7 Å². The number of rotatable bonds is 8. The third-order valence-corrected chi connectivity index (χ3v) is 6.94. The summed E-state index contributed by atoms with van der Waals surface area (Å²) in [6, 6.07) is 5.17. The Morgan fingerprint density at radius 3 is 2.15 bits per heavy atom. The van der Waals surface area contributed by atoms with Gasteiger partial charge in [-0.2, -0.15) is 8.78 Å². The highest BCUT2D eigenvalue weighted by atomic mass is 19.3. The van der Waals surface area contributed by atoms with Crippen LogP contribution in [0.15, 0.2) is 36.4 Å². The lowest BCUT2D eigenvalue weighted by Crippen LogP contribution is -2.26. The summed E-state index contributed by atoms with van der Waals surface area (Å²) in [5, 5.41) is 0. The zero-order valence-electron chi connectivity index (χ0n) is 21.2. The van der Waals surface area contributed by atoms with Gasteiger partial charge in [0.15, 0.2) is 17.5 Å². The van der Waals surface area contributed by atoms with Crippen LogP contribution in [0.2, 0.25) is 0 Å². The van der Waals surface area contributed by atoms with Gasteiger partial charge in [-0.3, -0.25) is 0 Å². The quantitative estimate of drug-likeness (QED) is 0.203. The summed E-state index contributed by atoms with van der Waals surface area (Å²) in [5.41, 5.74) is -2.72. The predicted molar refractivity (Wildman–Crippen MR) is 128 cm³/mol. The monoisotopic (exact) mass is 558 g/mol. The zero-order chi connectivity index (χ0) is 28.5. The lowest BCUT2D eigenvalue weighted by molar-refractivity contribution is -0.190. The third-order valence-electron chi connectivity index (χ3n) is 6.94. The fraction of sp³-hybridized carbons (Fsp3) is 0.379. The van der Waals surface area contributed by atoms with Crippen molar-refractivity contribution in [1.82, 2.24) is 0 Å². The van der Waals surface area contributed by atoms with Crippen molar-refractivity contribution in [2.45, 2.75) is 58.2 Å². The molecule has 0 saturated carbocycles. The third kappa shape index (κ3) is 6.05. The molecule has 2 nitrogen and oxygen atoms in total. The van der Waals surface area contributed by atoms with Crippen molar-refractivity contribution in [2.75, 3.05) is 6.61 Å². The van der Waals surface area contributed by atoms with Crippen LogP contribution in [0.1, 0.15) is 61.8 Å². The van der Waals surface area contributed by atoms with Crippen molar-refractivity contribution >= 4 is 0 Å². The fourth-order valence-electron chi connectivity index (χ4n) is 4.72. The first-order chi connectivity index (χ1) is 18.4. The van der Waals surface area contributed by atoms with E-state index >= 15 is 0 Å². The molecule has 39 heavy (non-hydrogen) atoms. The van der Waals surface area contributed by atoms with Gasteiger partial charge in [0.25, 0.3) is 0 Å². The highest BCUT2D eigenvalue weighted by Gasteiger charge is 2.42. The molecule has 0 N–H and O–H groups in total. The van der Waals surface area contributed by atoms with Crippen LogP contribution in [0.25, 0.3) is 11.1 Å². The van der Waals surface area contributed by atoms with E-state index in [0.29, 0.717) is 36.6 Å².